The van der Waals surface area contributed by atoms with Crippen molar-refractivity contribution >= 4 is 5.71 Å². The van der Waals surface area contributed by atoms with Crippen LogP contribution in [0.3, 0.4) is 0 Å². The van der Waals surface area contributed by atoms with Gasteiger partial charge in [-0.1, -0.05) is 6.42 Å². The highest BCUT2D eigenvalue weighted by Crippen LogP contribution is 2.14. The van der Waals surface area contributed by atoms with Gasteiger partial charge in [-0.05, 0) is 12.8 Å². The second-order valence-electron chi connectivity index (χ2n) is 2.57. The maximum atomic E-state index is 10.8. The molecule has 0 atom stereocenters. The summed E-state index contributed by atoms with van der Waals surface area (Å²) < 4.78 is 0. The third kappa shape index (κ3) is 1.62. The van der Waals surface area contributed by atoms with Crippen LogP contribution in [0, 0.1) is 5.21 Å². The Morgan fingerprint density at radius 3 is 2.40 bits per heavy atom. The minimum absolute atomic E-state index is 0.652. The van der Waals surface area contributed by atoms with Gasteiger partial charge in [0, 0.05) is 24.9 Å². The van der Waals surface area contributed by atoms with Crippen molar-refractivity contribution < 1.29 is 9.74 Å². The summed E-state index contributed by atoms with van der Waals surface area (Å²) in [6.07, 6.45) is 5.35. The molecule has 1 aliphatic rings. The van der Waals surface area contributed by atoms with Crippen LogP contribution in [0.2, 0.25) is 0 Å². The zero-order valence-corrected chi connectivity index (χ0v) is 6.30. The Hall–Kier alpha value is -0.730. The summed E-state index contributed by atoms with van der Waals surface area (Å²) in [6.45, 7) is 0. The van der Waals surface area contributed by atoms with Crippen molar-refractivity contribution in [3.05, 3.63) is 5.21 Å². The molecule has 0 N–H and O–H groups in total. The maximum Gasteiger partial charge on any atom is 0.221 e. The van der Waals surface area contributed by atoms with Gasteiger partial charge in [0.1, 0.15) is 0 Å². The number of hydrogen-bond acceptors (Lipinski definition) is 2. The fraction of sp³-hybridized carbons (Fsp3) is 0.857. The lowest BCUT2D eigenvalue weighted by Crippen LogP contribution is -2.17. The highest BCUT2D eigenvalue weighted by molar-refractivity contribution is 5.80. The molecule has 1 saturated carbocycles. The molecule has 0 amide bonds. The summed E-state index contributed by atoms with van der Waals surface area (Å²) in [6, 6.07) is 0. The summed E-state index contributed by atoms with van der Waals surface area (Å²) in [5.41, 5.74) is 0.897. The van der Waals surface area contributed by atoms with Crippen LogP contribution in [0.5, 0.6) is 0 Å². The van der Waals surface area contributed by atoms with Crippen molar-refractivity contribution in [2.45, 2.75) is 32.1 Å². The van der Waals surface area contributed by atoms with Gasteiger partial charge >= 0.3 is 0 Å². The Balaban J connectivity index is 2.51. The van der Waals surface area contributed by atoms with E-state index in [0.29, 0.717) is 4.90 Å². The van der Waals surface area contributed by atoms with Crippen LogP contribution < -0.4 is 0 Å². The number of hydrogen-bond donors (Lipinski definition) is 0. The molecule has 0 aromatic carbocycles. The maximum absolute atomic E-state index is 10.8. The lowest BCUT2D eigenvalue weighted by atomic mass is 9.99. The van der Waals surface area contributed by atoms with Crippen molar-refractivity contribution in [2.75, 3.05) is 7.11 Å². The van der Waals surface area contributed by atoms with Gasteiger partial charge in [-0.15, -0.1) is 0 Å². The first-order valence-electron chi connectivity index (χ1n) is 3.70. The van der Waals surface area contributed by atoms with Crippen LogP contribution in [-0.4, -0.2) is 17.7 Å². The highest BCUT2D eigenvalue weighted by atomic mass is 16.9. The average molecular weight is 143 g/mol. The van der Waals surface area contributed by atoms with Gasteiger partial charge < -0.3 is 4.84 Å². The Morgan fingerprint density at radius 2 is 1.90 bits per heavy atom. The molecule has 1 rings (SSSR count). The zero-order chi connectivity index (χ0) is 7.40. The summed E-state index contributed by atoms with van der Waals surface area (Å²) >= 11 is 0. The lowest BCUT2D eigenvalue weighted by Gasteiger charge is -2.09. The fourth-order valence-electron chi connectivity index (χ4n) is 1.27. The van der Waals surface area contributed by atoms with Crippen molar-refractivity contribution in [3.8, 4) is 0 Å². The van der Waals surface area contributed by atoms with Gasteiger partial charge in [0.15, 0.2) is 0 Å². The summed E-state index contributed by atoms with van der Waals surface area (Å²) in [7, 11) is 1.41. The second kappa shape index (κ2) is 3.44. The molecule has 1 aliphatic carbocycles. The molecule has 3 heteroatoms. The zero-order valence-electron chi connectivity index (χ0n) is 6.30. The molecule has 0 bridgehead atoms. The van der Waals surface area contributed by atoms with E-state index in [4.69, 9.17) is 0 Å². The normalized spacial score (nSPS) is 18.7. The van der Waals surface area contributed by atoms with Gasteiger partial charge in [-0.3, -0.25) is 5.21 Å². The van der Waals surface area contributed by atoms with Crippen LogP contribution in [0.25, 0.3) is 0 Å². The monoisotopic (exact) mass is 143 g/mol. The highest BCUT2D eigenvalue weighted by Gasteiger charge is 2.15. The number of rotatable bonds is 1. The molecule has 0 heterocycles. The first-order valence-corrected chi connectivity index (χ1v) is 3.70. The van der Waals surface area contributed by atoms with Gasteiger partial charge in [0.2, 0.25) is 5.71 Å². The molecule has 58 valence electrons. The van der Waals surface area contributed by atoms with E-state index in [0.717, 1.165) is 31.4 Å². The first-order chi connectivity index (χ1) is 4.84. The fourth-order valence-corrected chi connectivity index (χ4v) is 1.27. The van der Waals surface area contributed by atoms with E-state index < -0.39 is 0 Å². The van der Waals surface area contributed by atoms with Gasteiger partial charge in [-0.25, -0.2) is 0 Å². The molecule has 1 fully saturated rings. The van der Waals surface area contributed by atoms with Crippen LogP contribution in [0.15, 0.2) is 0 Å². The third-order valence-electron chi connectivity index (χ3n) is 1.85. The smallest absolute Gasteiger partial charge is 0.221 e. The Labute approximate surface area is 60.8 Å². The van der Waals surface area contributed by atoms with E-state index in [1.165, 1.54) is 13.5 Å². The van der Waals surface area contributed by atoms with E-state index in [2.05, 4.69) is 4.84 Å². The minimum Gasteiger partial charge on any atom is -0.407 e. The van der Waals surface area contributed by atoms with Crippen LogP contribution in [-0.2, 0) is 4.84 Å². The largest absolute Gasteiger partial charge is 0.407 e. The molecule has 0 saturated heterocycles. The van der Waals surface area contributed by atoms with Crippen molar-refractivity contribution in [2.24, 2.45) is 0 Å². The SMILES string of the molecule is CO[N+]([O-])=C1CCCCC1. The molecule has 0 aliphatic heterocycles. The topological polar surface area (TPSA) is 35.3 Å². The Bertz CT molecular complexity index is 135. The van der Waals surface area contributed by atoms with Gasteiger partial charge in [0.05, 0.1) is 0 Å². The van der Waals surface area contributed by atoms with E-state index in [1.807, 2.05) is 0 Å². The lowest BCUT2D eigenvalue weighted by molar-refractivity contribution is -0.734. The average Bonchev–Trinajstić information content (AvgIpc) is 2.05. The summed E-state index contributed by atoms with van der Waals surface area (Å²) in [5.74, 6) is 0. The predicted molar refractivity (Wildman–Crippen MR) is 38.7 cm³/mol. The Kier molecular flexibility index (Phi) is 2.54. The van der Waals surface area contributed by atoms with E-state index in [1.54, 1.807) is 0 Å². The molecular weight excluding hydrogens is 130 g/mol. The molecule has 0 aromatic heterocycles. The predicted octanol–water partition coefficient (Wildman–Crippen LogP) is 1.46. The Morgan fingerprint density at radius 1 is 1.30 bits per heavy atom. The minimum atomic E-state index is 0.652. The third-order valence-corrected chi connectivity index (χ3v) is 1.85. The molecular formula is C7H13NO2. The van der Waals surface area contributed by atoms with Crippen LogP contribution in [0.4, 0.5) is 0 Å². The van der Waals surface area contributed by atoms with Crippen molar-refractivity contribution in [3.63, 3.8) is 0 Å². The molecule has 0 unspecified atom stereocenters. The summed E-state index contributed by atoms with van der Waals surface area (Å²) in [5, 5.41) is 10.8. The van der Waals surface area contributed by atoms with E-state index in [-0.39, 0.29) is 0 Å². The number of nitrogens with zero attached hydrogens (tertiary/aromatic N) is 1. The van der Waals surface area contributed by atoms with Gasteiger partial charge in [-0.2, -0.15) is 0 Å². The first kappa shape index (κ1) is 7.38. The molecule has 0 aromatic rings. The quantitative estimate of drug-likeness (QED) is 0.411. The van der Waals surface area contributed by atoms with Crippen molar-refractivity contribution in [1.29, 1.82) is 0 Å². The second-order valence-corrected chi connectivity index (χ2v) is 2.57. The standard InChI is InChI=1S/C7H13NO2/c1-10-8(9)7-5-3-2-4-6-7/h2-6H2,1H3. The molecule has 0 spiro atoms. The van der Waals surface area contributed by atoms with Crippen molar-refractivity contribution in [1.82, 2.24) is 0 Å². The van der Waals surface area contributed by atoms with Crippen LogP contribution in [0.1, 0.15) is 32.1 Å². The molecule has 3 nitrogen and oxygen atoms in total. The molecule has 0 radical (unpaired) electrons. The summed E-state index contributed by atoms with van der Waals surface area (Å²) in [4.78, 5) is 5.18. The molecule has 10 heavy (non-hydrogen) atoms. The van der Waals surface area contributed by atoms with Gasteiger partial charge in [0.25, 0.3) is 0 Å². The van der Waals surface area contributed by atoms with E-state index >= 15 is 0 Å². The van der Waals surface area contributed by atoms with E-state index in [9.17, 15) is 5.21 Å². The van der Waals surface area contributed by atoms with Crippen LogP contribution >= 0.6 is 0 Å².